The van der Waals surface area contributed by atoms with Crippen molar-refractivity contribution in [2.24, 2.45) is 5.92 Å². The lowest BCUT2D eigenvalue weighted by molar-refractivity contribution is -0.0907. The van der Waals surface area contributed by atoms with Gasteiger partial charge in [-0.1, -0.05) is 48.5 Å². The van der Waals surface area contributed by atoms with Crippen LogP contribution in [0.1, 0.15) is 28.7 Å². The monoisotopic (exact) mass is 624 g/mol. The number of carbonyl (C=O) groups excluding carboxylic acids is 1. The summed E-state index contributed by atoms with van der Waals surface area (Å²) in [5.74, 6) is 0.486. The Morgan fingerprint density at radius 3 is 2.48 bits per heavy atom. The smallest absolute Gasteiger partial charge is 0.407 e. The minimum absolute atomic E-state index is 0.0253. The Hall–Kier alpha value is -3.48. The molecular weight excluding hydrogens is 584 g/mol. The topological polar surface area (TPSA) is 124 Å². The van der Waals surface area contributed by atoms with Gasteiger partial charge in [0.1, 0.15) is 11.9 Å². The van der Waals surface area contributed by atoms with E-state index in [1.54, 1.807) is 12.1 Å². The molecular formula is C33H40N2O8S. The van der Waals surface area contributed by atoms with Gasteiger partial charge in [0.05, 0.1) is 43.3 Å². The Morgan fingerprint density at radius 2 is 1.77 bits per heavy atom. The van der Waals surface area contributed by atoms with Gasteiger partial charge in [0.2, 0.25) is 10.0 Å². The number of sulfonamides is 1. The highest BCUT2D eigenvalue weighted by Crippen LogP contribution is 2.33. The van der Waals surface area contributed by atoms with Crippen molar-refractivity contribution in [3.63, 3.8) is 0 Å². The summed E-state index contributed by atoms with van der Waals surface area (Å²) in [6.07, 6.45) is -1.83. The first-order valence-corrected chi connectivity index (χ1v) is 16.2. The van der Waals surface area contributed by atoms with Crippen molar-refractivity contribution < 1.29 is 37.3 Å². The van der Waals surface area contributed by atoms with Crippen LogP contribution in [0.2, 0.25) is 0 Å². The summed E-state index contributed by atoms with van der Waals surface area (Å²) < 4.78 is 51.3. The summed E-state index contributed by atoms with van der Waals surface area (Å²) in [5.41, 5.74) is 3.76. The lowest BCUT2D eigenvalue weighted by Crippen LogP contribution is -2.51. The molecule has 11 heteroatoms. The van der Waals surface area contributed by atoms with E-state index in [0.717, 1.165) is 28.7 Å². The van der Waals surface area contributed by atoms with Gasteiger partial charge in [-0.15, -0.1) is 0 Å². The van der Waals surface area contributed by atoms with Gasteiger partial charge in [-0.3, -0.25) is 0 Å². The van der Waals surface area contributed by atoms with Crippen LogP contribution in [0.25, 0.3) is 0 Å². The highest BCUT2D eigenvalue weighted by molar-refractivity contribution is 7.89. The molecule has 236 valence electrons. The van der Waals surface area contributed by atoms with Gasteiger partial charge >= 0.3 is 6.09 Å². The normalized spacial score (nSPS) is 21.1. The number of ether oxygens (including phenoxy) is 4. The largest absolute Gasteiger partial charge is 0.497 e. The van der Waals surface area contributed by atoms with Crippen LogP contribution >= 0.6 is 0 Å². The minimum Gasteiger partial charge on any atom is -0.497 e. The van der Waals surface area contributed by atoms with Crippen molar-refractivity contribution >= 4 is 16.1 Å². The molecule has 0 aliphatic carbocycles. The van der Waals surface area contributed by atoms with Crippen LogP contribution < -0.4 is 10.1 Å². The van der Waals surface area contributed by atoms with Crippen molar-refractivity contribution in [2.75, 3.05) is 26.9 Å². The molecule has 3 aromatic carbocycles. The van der Waals surface area contributed by atoms with E-state index in [1.807, 2.05) is 62.4 Å². The number of amides is 1. The van der Waals surface area contributed by atoms with Crippen LogP contribution in [0.3, 0.4) is 0 Å². The zero-order chi connectivity index (χ0) is 31.3. The molecule has 44 heavy (non-hydrogen) atoms. The number of carbonyl (C=O) groups is 1. The molecule has 10 nitrogen and oxygen atoms in total. The SMILES string of the molecule is COc1ccc(S(=O)(=O)N(Cc2ccc(C)c(C)c2)CC(O)C(Cc2ccccc2)NC(=O)OC2COC3OCCC23)cc1. The fraction of sp³-hybridized carbons (Fsp3) is 0.424. The number of aryl methyl sites for hydroxylation is 2. The van der Waals surface area contributed by atoms with E-state index in [1.165, 1.54) is 23.5 Å². The van der Waals surface area contributed by atoms with Crippen LogP contribution in [0.5, 0.6) is 5.75 Å². The molecule has 0 aromatic heterocycles. The van der Waals surface area contributed by atoms with Gasteiger partial charge in [0.25, 0.3) is 0 Å². The number of methoxy groups -OCH3 is 1. The van der Waals surface area contributed by atoms with E-state index < -0.39 is 34.4 Å². The van der Waals surface area contributed by atoms with Gasteiger partial charge in [0, 0.05) is 13.1 Å². The molecule has 2 fully saturated rings. The molecule has 0 spiro atoms. The Labute approximate surface area is 258 Å². The molecule has 0 bridgehead atoms. The number of hydrogen-bond donors (Lipinski definition) is 2. The average Bonchev–Trinajstić information content (AvgIpc) is 3.64. The lowest BCUT2D eigenvalue weighted by Gasteiger charge is -2.30. The second-order valence-corrected chi connectivity index (χ2v) is 13.3. The number of hydrogen-bond acceptors (Lipinski definition) is 8. The molecule has 5 rings (SSSR count). The summed E-state index contributed by atoms with van der Waals surface area (Å²) in [7, 11) is -2.55. The number of aliphatic hydroxyl groups excluding tert-OH is 1. The standard InChI is InChI=1S/C33H40N2O8S/c1-22-9-10-25(17-23(22)2)19-35(44(38,39)27-13-11-26(40-3)12-14-27)20-30(36)29(18-24-7-5-4-6-8-24)34-33(37)43-31-21-42-32-28(31)15-16-41-32/h4-14,17,28-32,36H,15-16,18-21H2,1-3H3,(H,34,37). The van der Waals surface area contributed by atoms with E-state index in [4.69, 9.17) is 18.9 Å². The molecule has 5 atom stereocenters. The van der Waals surface area contributed by atoms with Gasteiger partial charge in [0.15, 0.2) is 6.29 Å². The summed E-state index contributed by atoms with van der Waals surface area (Å²) in [6.45, 7) is 4.49. The molecule has 2 aliphatic heterocycles. The van der Waals surface area contributed by atoms with Crippen molar-refractivity contribution in [1.82, 2.24) is 9.62 Å². The van der Waals surface area contributed by atoms with E-state index >= 15 is 0 Å². The Morgan fingerprint density at radius 1 is 1.02 bits per heavy atom. The zero-order valence-electron chi connectivity index (χ0n) is 25.2. The number of fused-ring (bicyclic) bond motifs is 1. The highest BCUT2D eigenvalue weighted by atomic mass is 32.2. The molecule has 2 saturated heterocycles. The maximum atomic E-state index is 14.0. The first-order chi connectivity index (χ1) is 21.1. The summed E-state index contributed by atoms with van der Waals surface area (Å²) in [6, 6.07) is 20.4. The predicted octanol–water partition coefficient (Wildman–Crippen LogP) is 3.96. The first kappa shape index (κ1) is 31.9. The number of rotatable bonds is 12. The second kappa shape index (κ2) is 14.1. The van der Waals surface area contributed by atoms with Crippen molar-refractivity contribution in [1.29, 1.82) is 0 Å². The van der Waals surface area contributed by atoms with Crippen LogP contribution in [0.4, 0.5) is 4.79 Å². The number of nitrogens with zero attached hydrogens (tertiary/aromatic N) is 1. The van der Waals surface area contributed by atoms with Crippen molar-refractivity contribution in [3.8, 4) is 5.75 Å². The van der Waals surface area contributed by atoms with Crippen LogP contribution in [0.15, 0.2) is 77.7 Å². The number of alkyl carbamates (subject to hydrolysis) is 1. The summed E-state index contributed by atoms with van der Waals surface area (Å²) in [4.78, 5) is 13.2. The molecule has 2 aliphatic rings. The summed E-state index contributed by atoms with van der Waals surface area (Å²) in [5, 5.41) is 14.4. The van der Waals surface area contributed by atoms with Gasteiger partial charge < -0.3 is 29.4 Å². The van der Waals surface area contributed by atoms with Crippen LogP contribution in [-0.2, 0) is 37.2 Å². The van der Waals surface area contributed by atoms with E-state index in [2.05, 4.69) is 5.32 Å². The van der Waals surface area contributed by atoms with Crippen molar-refractivity contribution in [2.45, 2.75) is 62.7 Å². The maximum absolute atomic E-state index is 14.0. The third kappa shape index (κ3) is 7.59. The second-order valence-electron chi connectivity index (χ2n) is 11.4. The van der Waals surface area contributed by atoms with E-state index in [9.17, 15) is 18.3 Å². The minimum atomic E-state index is -4.06. The third-order valence-electron chi connectivity index (χ3n) is 8.33. The fourth-order valence-corrected chi connectivity index (χ4v) is 7.05. The first-order valence-electron chi connectivity index (χ1n) is 14.8. The Kier molecular flexibility index (Phi) is 10.2. The highest BCUT2D eigenvalue weighted by Gasteiger charge is 2.44. The number of aliphatic hydroxyl groups is 1. The van der Waals surface area contributed by atoms with E-state index in [-0.39, 0.29) is 43.2 Å². The molecule has 3 aromatic rings. The molecule has 2 heterocycles. The van der Waals surface area contributed by atoms with Crippen molar-refractivity contribution in [3.05, 3.63) is 95.1 Å². The number of nitrogens with one attached hydrogen (secondary N) is 1. The molecule has 1 amide bonds. The van der Waals surface area contributed by atoms with E-state index in [0.29, 0.717) is 12.4 Å². The Bertz CT molecular complexity index is 1520. The molecule has 0 radical (unpaired) electrons. The summed E-state index contributed by atoms with van der Waals surface area (Å²) >= 11 is 0. The average molecular weight is 625 g/mol. The number of benzene rings is 3. The lowest BCUT2D eigenvalue weighted by atomic mass is 10.0. The quantitative estimate of drug-likeness (QED) is 0.311. The van der Waals surface area contributed by atoms with Gasteiger partial charge in [-0.05, 0) is 73.2 Å². The molecule has 2 N–H and O–H groups in total. The Balaban J connectivity index is 1.39. The van der Waals surface area contributed by atoms with Gasteiger partial charge in [-0.25, -0.2) is 13.2 Å². The van der Waals surface area contributed by atoms with Gasteiger partial charge in [-0.2, -0.15) is 4.31 Å². The molecule has 0 saturated carbocycles. The molecule has 5 unspecified atom stereocenters. The zero-order valence-corrected chi connectivity index (χ0v) is 26.0. The fourth-order valence-electron chi connectivity index (χ4n) is 5.61. The van der Waals surface area contributed by atoms with Crippen LogP contribution in [0, 0.1) is 19.8 Å². The predicted molar refractivity (Wildman–Crippen MR) is 164 cm³/mol. The maximum Gasteiger partial charge on any atom is 0.407 e. The van der Waals surface area contributed by atoms with Crippen LogP contribution in [-0.4, -0.2) is 75.3 Å². The third-order valence-corrected chi connectivity index (χ3v) is 10.2.